The van der Waals surface area contributed by atoms with Crippen molar-refractivity contribution in [3.63, 3.8) is 0 Å². The third-order valence-corrected chi connectivity index (χ3v) is 3.93. The molecule has 5 heteroatoms. The number of hydrogen-bond donors (Lipinski definition) is 1. The average molecular weight is 326 g/mol. The zero-order valence-corrected chi connectivity index (χ0v) is 12.1. The molecule has 0 saturated heterocycles. The number of carbonyl (C=O) groups excluding carboxylic acids is 1. The van der Waals surface area contributed by atoms with Crippen LogP contribution in [0.25, 0.3) is 0 Å². The number of carboxylic acids is 1. The molecule has 1 aromatic rings. The standard InChI is InChI=1S/C14H16BrNO3/c15-12-4-2-1-3-10(12)9-16(11-5-6-11)13(17)7-8-14(18)19/h1-4,11H,5-9H2,(H,18,19). The molecule has 19 heavy (non-hydrogen) atoms. The van der Waals surface area contributed by atoms with Gasteiger partial charge < -0.3 is 10.0 Å². The second-order valence-electron chi connectivity index (χ2n) is 4.74. The molecule has 1 saturated carbocycles. The molecular weight excluding hydrogens is 310 g/mol. The van der Waals surface area contributed by atoms with E-state index < -0.39 is 5.97 Å². The largest absolute Gasteiger partial charge is 0.481 e. The van der Waals surface area contributed by atoms with E-state index >= 15 is 0 Å². The van der Waals surface area contributed by atoms with Gasteiger partial charge in [0.2, 0.25) is 5.91 Å². The van der Waals surface area contributed by atoms with Crippen molar-refractivity contribution in [2.75, 3.05) is 0 Å². The second-order valence-corrected chi connectivity index (χ2v) is 5.59. The van der Waals surface area contributed by atoms with Gasteiger partial charge in [0.15, 0.2) is 0 Å². The summed E-state index contributed by atoms with van der Waals surface area (Å²) in [5, 5.41) is 8.65. The molecule has 0 aromatic heterocycles. The summed E-state index contributed by atoms with van der Waals surface area (Å²) in [6, 6.07) is 8.08. The number of amides is 1. The summed E-state index contributed by atoms with van der Waals surface area (Å²) in [6.45, 7) is 0.546. The van der Waals surface area contributed by atoms with Crippen LogP contribution in [0.1, 0.15) is 31.2 Å². The van der Waals surface area contributed by atoms with E-state index in [-0.39, 0.29) is 24.8 Å². The van der Waals surface area contributed by atoms with Crippen molar-refractivity contribution in [2.45, 2.75) is 38.3 Å². The van der Waals surface area contributed by atoms with E-state index in [2.05, 4.69) is 15.9 Å². The smallest absolute Gasteiger partial charge is 0.303 e. The van der Waals surface area contributed by atoms with Gasteiger partial charge in [0.25, 0.3) is 0 Å². The van der Waals surface area contributed by atoms with Crippen molar-refractivity contribution in [1.29, 1.82) is 0 Å². The fraction of sp³-hybridized carbons (Fsp3) is 0.429. The molecule has 1 fully saturated rings. The Morgan fingerprint density at radius 1 is 1.26 bits per heavy atom. The number of benzene rings is 1. The maximum absolute atomic E-state index is 12.1. The van der Waals surface area contributed by atoms with Crippen LogP contribution in [0, 0.1) is 0 Å². The molecule has 0 radical (unpaired) electrons. The Balaban J connectivity index is 2.02. The number of aliphatic carboxylic acids is 1. The van der Waals surface area contributed by atoms with Gasteiger partial charge in [-0.05, 0) is 24.5 Å². The van der Waals surface area contributed by atoms with E-state index in [0.29, 0.717) is 6.54 Å². The van der Waals surface area contributed by atoms with E-state index in [1.165, 1.54) is 0 Å². The van der Waals surface area contributed by atoms with E-state index in [1.807, 2.05) is 29.2 Å². The van der Waals surface area contributed by atoms with E-state index in [9.17, 15) is 9.59 Å². The summed E-state index contributed by atoms with van der Waals surface area (Å²) < 4.78 is 0.978. The van der Waals surface area contributed by atoms with Gasteiger partial charge in [-0.25, -0.2) is 0 Å². The highest BCUT2D eigenvalue weighted by Gasteiger charge is 2.32. The van der Waals surface area contributed by atoms with Crippen molar-refractivity contribution in [2.24, 2.45) is 0 Å². The van der Waals surface area contributed by atoms with Crippen LogP contribution in [0.2, 0.25) is 0 Å². The van der Waals surface area contributed by atoms with Gasteiger partial charge in [-0.3, -0.25) is 9.59 Å². The lowest BCUT2D eigenvalue weighted by molar-refractivity contribution is -0.141. The zero-order valence-electron chi connectivity index (χ0n) is 10.5. The van der Waals surface area contributed by atoms with Gasteiger partial charge >= 0.3 is 5.97 Å². The summed E-state index contributed by atoms with van der Waals surface area (Å²) in [5.41, 5.74) is 1.05. The highest BCUT2D eigenvalue weighted by atomic mass is 79.9. The predicted molar refractivity (Wildman–Crippen MR) is 74.6 cm³/mol. The first-order valence-corrected chi connectivity index (χ1v) is 7.12. The maximum atomic E-state index is 12.1. The molecule has 0 aliphatic heterocycles. The topological polar surface area (TPSA) is 57.6 Å². The summed E-state index contributed by atoms with van der Waals surface area (Å²) >= 11 is 3.47. The van der Waals surface area contributed by atoms with E-state index in [0.717, 1.165) is 22.9 Å². The molecule has 4 nitrogen and oxygen atoms in total. The Bertz CT molecular complexity index is 485. The molecule has 1 aromatic carbocycles. The molecule has 1 aliphatic carbocycles. The molecule has 0 bridgehead atoms. The summed E-state index contributed by atoms with van der Waals surface area (Å²) in [4.78, 5) is 24.4. The third kappa shape index (κ3) is 4.06. The molecule has 102 valence electrons. The Labute approximate surface area is 120 Å². The second kappa shape index (κ2) is 6.19. The lowest BCUT2D eigenvalue weighted by Gasteiger charge is -2.23. The number of carbonyl (C=O) groups is 2. The Hall–Kier alpha value is -1.36. The lowest BCUT2D eigenvalue weighted by Crippen LogP contribution is -2.32. The number of nitrogens with zero attached hydrogens (tertiary/aromatic N) is 1. The monoisotopic (exact) mass is 325 g/mol. The van der Waals surface area contributed by atoms with Crippen LogP contribution in [0.3, 0.4) is 0 Å². The van der Waals surface area contributed by atoms with Crippen molar-refractivity contribution in [1.82, 2.24) is 4.90 Å². The van der Waals surface area contributed by atoms with Gasteiger partial charge in [-0.2, -0.15) is 0 Å². The fourth-order valence-corrected chi connectivity index (χ4v) is 2.38. The number of hydrogen-bond acceptors (Lipinski definition) is 2. The van der Waals surface area contributed by atoms with Crippen LogP contribution < -0.4 is 0 Å². The van der Waals surface area contributed by atoms with Crippen molar-refractivity contribution < 1.29 is 14.7 Å². The van der Waals surface area contributed by atoms with Crippen LogP contribution in [0.5, 0.6) is 0 Å². The molecule has 1 N–H and O–H groups in total. The van der Waals surface area contributed by atoms with Crippen LogP contribution in [0.4, 0.5) is 0 Å². The van der Waals surface area contributed by atoms with Gasteiger partial charge in [0.05, 0.1) is 6.42 Å². The summed E-state index contributed by atoms with van der Waals surface area (Å²) in [7, 11) is 0. The number of halogens is 1. The van der Waals surface area contributed by atoms with Crippen LogP contribution >= 0.6 is 15.9 Å². The first kappa shape index (κ1) is 14.1. The number of rotatable bonds is 6. The minimum atomic E-state index is -0.926. The average Bonchev–Trinajstić information content (AvgIpc) is 3.19. The quantitative estimate of drug-likeness (QED) is 0.874. The normalized spacial score (nSPS) is 14.2. The minimum absolute atomic E-state index is 0.0688. The Morgan fingerprint density at radius 2 is 1.95 bits per heavy atom. The SMILES string of the molecule is O=C(O)CCC(=O)N(Cc1ccccc1Br)C1CC1. The molecule has 2 rings (SSSR count). The lowest BCUT2D eigenvalue weighted by atomic mass is 10.2. The molecule has 0 atom stereocenters. The first-order chi connectivity index (χ1) is 9.08. The highest BCUT2D eigenvalue weighted by molar-refractivity contribution is 9.10. The fourth-order valence-electron chi connectivity index (χ4n) is 1.97. The van der Waals surface area contributed by atoms with E-state index in [4.69, 9.17) is 5.11 Å². The Morgan fingerprint density at radius 3 is 2.53 bits per heavy atom. The van der Waals surface area contributed by atoms with E-state index in [1.54, 1.807) is 0 Å². The van der Waals surface area contributed by atoms with Gasteiger partial charge in [-0.15, -0.1) is 0 Å². The minimum Gasteiger partial charge on any atom is -0.481 e. The maximum Gasteiger partial charge on any atom is 0.303 e. The van der Waals surface area contributed by atoms with Crippen LogP contribution in [-0.2, 0) is 16.1 Å². The molecular formula is C14H16BrNO3. The highest BCUT2D eigenvalue weighted by Crippen LogP contribution is 2.30. The molecule has 0 spiro atoms. The van der Waals surface area contributed by atoms with Crippen molar-refractivity contribution in [3.05, 3.63) is 34.3 Å². The van der Waals surface area contributed by atoms with Gasteiger partial charge in [0.1, 0.15) is 0 Å². The van der Waals surface area contributed by atoms with Gasteiger partial charge in [-0.1, -0.05) is 34.1 Å². The summed E-state index contributed by atoms with van der Waals surface area (Å²) in [6.07, 6.45) is 2.01. The molecule has 0 heterocycles. The molecule has 1 amide bonds. The third-order valence-electron chi connectivity index (χ3n) is 3.16. The van der Waals surface area contributed by atoms with Crippen molar-refractivity contribution in [3.8, 4) is 0 Å². The zero-order chi connectivity index (χ0) is 13.8. The Kier molecular flexibility index (Phi) is 4.58. The van der Waals surface area contributed by atoms with Crippen molar-refractivity contribution >= 4 is 27.8 Å². The van der Waals surface area contributed by atoms with Gasteiger partial charge in [0, 0.05) is 23.5 Å². The predicted octanol–water partition coefficient (Wildman–Crippen LogP) is 2.80. The molecule has 1 aliphatic rings. The first-order valence-electron chi connectivity index (χ1n) is 6.32. The molecule has 0 unspecified atom stereocenters. The number of carboxylic acid groups (broad SMARTS) is 1. The van der Waals surface area contributed by atoms with Crippen LogP contribution in [-0.4, -0.2) is 27.9 Å². The summed E-state index contributed by atoms with van der Waals surface area (Å²) in [5.74, 6) is -0.995. The van der Waals surface area contributed by atoms with Crippen LogP contribution in [0.15, 0.2) is 28.7 Å².